The summed E-state index contributed by atoms with van der Waals surface area (Å²) >= 11 is 6.13. The van der Waals surface area contributed by atoms with Crippen molar-refractivity contribution in [3.8, 4) is 11.3 Å². The van der Waals surface area contributed by atoms with E-state index in [0.29, 0.717) is 0 Å². The van der Waals surface area contributed by atoms with E-state index in [2.05, 4.69) is 32.6 Å². The lowest BCUT2D eigenvalue weighted by atomic mass is 10.1. The Morgan fingerprint density at radius 1 is 1.09 bits per heavy atom. The van der Waals surface area contributed by atoms with E-state index in [9.17, 15) is 4.79 Å². The first-order valence-corrected chi connectivity index (χ1v) is 12.5. The molecule has 1 N–H and O–H groups in total. The van der Waals surface area contributed by atoms with E-state index in [-0.39, 0.29) is 18.1 Å². The van der Waals surface area contributed by atoms with Gasteiger partial charge in [-0.25, -0.2) is 9.78 Å². The number of likely N-dealkylation sites (tertiary alicyclic amines) is 1. The molecule has 0 spiro atoms. The Bertz CT molecular complexity index is 1100. The maximum Gasteiger partial charge on any atom is 0.317 e. The Kier molecular flexibility index (Phi) is 6.56. The topological polar surface area (TPSA) is 52.9 Å². The number of rotatable bonds is 7. The van der Waals surface area contributed by atoms with Crippen molar-refractivity contribution in [1.29, 1.82) is 0 Å². The predicted octanol–water partition coefficient (Wildman–Crippen LogP) is 5.20. The minimum atomic E-state index is 0.120. The maximum absolute atomic E-state index is 12.9. The van der Waals surface area contributed by atoms with Gasteiger partial charge >= 0.3 is 6.03 Å². The molecule has 2 unspecified atom stereocenters. The first kappa shape index (κ1) is 22.2. The molecule has 2 bridgehead atoms. The van der Waals surface area contributed by atoms with Crippen molar-refractivity contribution < 1.29 is 4.79 Å². The second kappa shape index (κ2) is 9.74. The summed E-state index contributed by atoms with van der Waals surface area (Å²) in [5.74, 6) is 0. The molecule has 0 saturated carbocycles. The number of piperazine rings is 1. The fourth-order valence-corrected chi connectivity index (χ4v) is 5.49. The average molecular weight is 466 g/mol. The van der Waals surface area contributed by atoms with E-state index in [0.717, 1.165) is 73.8 Å². The van der Waals surface area contributed by atoms with Gasteiger partial charge < -0.3 is 14.6 Å². The third kappa shape index (κ3) is 4.59. The number of carbonyl (C=O) groups is 1. The van der Waals surface area contributed by atoms with Crippen LogP contribution in [0.15, 0.2) is 48.7 Å². The number of hydrogen-bond acceptors (Lipinski definition) is 3. The largest absolute Gasteiger partial charge is 0.338 e. The van der Waals surface area contributed by atoms with E-state index in [1.165, 1.54) is 12.1 Å². The van der Waals surface area contributed by atoms with Gasteiger partial charge in [0.2, 0.25) is 0 Å². The maximum atomic E-state index is 12.9. The van der Waals surface area contributed by atoms with E-state index >= 15 is 0 Å². The second-order valence-corrected chi connectivity index (χ2v) is 9.70. The predicted molar refractivity (Wildman–Crippen MR) is 132 cm³/mol. The number of unbranched alkanes of at least 4 members (excludes halogenated alkanes) is 2. The molecule has 2 aliphatic rings. The number of fused-ring (bicyclic) bond motifs is 3. The molecule has 2 amide bonds. The summed E-state index contributed by atoms with van der Waals surface area (Å²) in [6.45, 7) is 5.57. The fourth-order valence-electron chi connectivity index (χ4n) is 5.36. The molecule has 3 aromatic rings. The van der Waals surface area contributed by atoms with Gasteiger partial charge in [0, 0.05) is 55.0 Å². The number of pyridine rings is 1. The van der Waals surface area contributed by atoms with Crippen molar-refractivity contribution in [2.24, 2.45) is 0 Å². The molecular weight excluding hydrogens is 434 g/mol. The van der Waals surface area contributed by atoms with Crippen LogP contribution in [-0.2, 0) is 6.54 Å². The second-order valence-electron chi connectivity index (χ2n) is 9.27. The molecule has 5 rings (SSSR count). The number of nitrogens with one attached hydrogen (secondary N) is 1. The van der Waals surface area contributed by atoms with Crippen LogP contribution in [0.5, 0.6) is 0 Å². The molecule has 2 saturated heterocycles. The van der Waals surface area contributed by atoms with E-state index < -0.39 is 0 Å². The molecular formula is C26H32ClN5O. The van der Waals surface area contributed by atoms with Gasteiger partial charge in [0.1, 0.15) is 5.65 Å². The van der Waals surface area contributed by atoms with Gasteiger partial charge in [-0.1, -0.05) is 49.6 Å². The normalized spacial score (nSPS) is 20.5. The highest BCUT2D eigenvalue weighted by molar-refractivity contribution is 6.30. The van der Waals surface area contributed by atoms with E-state index in [1.807, 2.05) is 42.5 Å². The average Bonchev–Trinajstić information content (AvgIpc) is 3.32. The monoisotopic (exact) mass is 465 g/mol. The minimum Gasteiger partial charge on any atom is -0.338 e. The Balaban J connectivity index is 1.34. The lowest BCUT2D eigenvalue weighted by Gasteiger charge is -2.41. The van der Waals surface area contributed by atoms with Crippen LogP contribution in [0.25, 0.3) is 16.9 Å². The van der Waals surface area contributed by atoms with E-state index in [1.54, 1.807) is 0 Å². The number of amides is 2. The third-order valence-corrected chi connectivity index (χ3v) is 7.22. The van der Waals surface area contributed by atoms with Crippen molar-refractivity contribution >= 4 is 23.3 Å². The molecule has 2 fully saturated rings. The summed E-state index contributed by atoms with van der Waals surface area (Å²) in [5.41, 5.74) is 4.21. The van der Waals surface area contributed by atoms with Crippen molar-refractivity contribution in [2.45, 2.75) is 57.7 Å². The number of benzene rings is 1. The molecule has 174 valence electrons. The van der Waals surface area contributed by atoms with Crippen molar-refractivity contribution in [1.82, 2.24) is 24.5 Å². The zero-order valence-corrected chi connectivity index (χ0v) is 20.0. The van der Waals surface area contributed by atoms with Crippen molar-refractivity contribution in [3.05, 3.63) is 59.4 Å². The van der Waals surface area contributed by atoms with Crippen LogP contribution in [0.2, 0.25) is 5.02 Å². The summed E-state index contributed by atoms with van der Waals surface area (Å²) < 4.78 is 2.19. The quantitative estimate of drug-likeness (QED) is 0.488. The van der Waals surface area contributed by atoms with Crippen molar-refractivity contribution in [3.63, 3.8) is 0 Å². The van der Waals surface area contributed by atoms with Crippen LogP contribution in [0.3, 0.4) is 0 Å². The van der Waals surface area contributed by atoms with Gasteiger partial charge in [0.05, 0.1) is 11.4 Å². The Morgan fingerprint density at radius 3 is 2.58 bits per heavy atom. The van der Waals surface area contributed by atoms with Crippen LogP contribution in [0.1, 0.15) is 44.7 Å². The number of nitrogens with zero attached hydrogens (tertiary/aromatic N) is 4. The Labute approximate surface area is 200 Å². The summed E-state index contributed by atoms with van der Waals surface area (Å²) in [6.07, 6.45) is 7.64. The number of aromatic nitrogens is 2. The lowest BCUT2D eigenvalue weighted by Crippen LogP contribution is -2.58. The fraction of sp³-hybridized carbons (Fsp3) is 0.462. The standard InChI is InChI=1S/C26H32ClN5O/c1-2-3-5-14-28-26(33)32-21-12-13-22(32)17-30(16-21)18-23-25(19-8-10-20(27)11-9-19)29-24-7-4-6-15-31(23)24/h4,6-11,15,21-22H,2-3,5,12-14,16-18H2,1H3,(H,28,33). The summed E-state index contributed by atoms with van der Waals surface area (Å²) in [6, 6.07) is 14.7. The van der Waals surface area contributed by atoms with Gasteiger partial charge in [-0.2, -0.15) is 0 Å². The highest BCUT2D eigenvalue weighted by atomic mass is 35.5. The van der Waals surface area contributed by atoms with Gasteiger partial charge in [0.15, 0.2) is 0 Å². The SMILES string of the molecule is CCCCCNC(=O)N1C2CCC1CN(Cc1c(-c3ccc(Cl)cc3)nc3ccccn13)C2. The zero-order chi connectivity index (χ0) is 22.8. The first-order chi connectivity index (χ1) is 16.1. The minimum absolute atomic E-state index is 0.120. The number of urea groups is 1. The Hall–Kier alpha value is -2.57. The summed E-state index contributed by atoms with van der Waals surface area (Å²) in [5, 5.41) is 3.88. The van der Waals surface area contributed by atoms with Crippen LogP contribution in [0, 0.1) is 0 Å². The third-order valence-electron chi connectivity index (χ3n) is 6.97. The van der Waals surface area contributed by atoms with Gasteiger partial charge in [0.25, 0.3) is 0 Å². The smallest absolute Gasteiger partial charge is 0.317 e. The highest BCUT2D eigenvalue weighted by Crippen LogP contribution is 2.33. The van der Waals surface area contributed by atoms with Gasteiger partial charge in [-0.15, -0.1) is 0 Å². The zero-order valence-electron chi connectivity index (χ0n) is 19.2. The molecule has 2 atom stereocenters. The van der Waals surface area contributed by atoms with Crippen LogP contribution in [-0.4, -0.2) is 56.9 Å². The molecule has 0 radical (unpaired) electrons. The van der Waals surface area contributed by atoms with E-state index in [4.69, 9.17) is 16.6 Å². The molecule has 6 nitrogen and oxygen atoms in total. The highest BCUT2D eigenvalue weighted by Gasteiger charge is 2.42. The molecule has 1 aromatic carbocycles. The molecule has 0 aliphatic carbocycles. The van der Waals surface area contributed by atoms with Gasteiger partial charge in [-0.05, 0) is 43.5 Å². The lowest BCUT2D eigenvalue weighted by molar-refractivity contribution is 0.0833. The summed E-state index contributed by atoms with van der Waals surface area (Å²) in [7, 11) is 0. The first-order valence-electron chi connectivity index (χ1n) is 12.1. The van der Waals surface area contributed by atoms with Gasteiger partial charge in [-0.3, -0.25) is 4.90 Å². The number of carbonyl (C=O) groups excluding carboxylic acids is 1. The molecule has 2 aromatic heterocycles. The molecule has 4 heterocycles. The Morgan fingerprint density at radius 2 is 1.85 bits per heavy atom. The molecule has 33 heavy (non-hydrogen) atoms. The van der Waals surface area contributed by atoms with Crippen LogP contribution in [0.4, 0.5) is 4.79 Å². The number of imidazole rings is 1. The molecule has 2 aliphatic heterocycles. The van der Waals surface area contributed by atoms with Crippen molar-refractivity contribution in [2.75, 3.05) is 19.6 Å². The van der Waals surface area contributed by atoms with Crippen LogP contribution >= 0.6 is 11.6 Å². The summed E-state index contributed by atoms with van der Waals surface area (Å²) in [4.78, 5) is 22.4. The molecule has 7 heteroatoms. The number of halogens is 1. The van der Waals surface area contributed by atoms with Crippen LogP contribution < -0.4 is 5.32 Å². The number of hydrogen-bond donors (Lipinski definition) is 1.